The predicted molar refractivity (Wildman–Crippen MR) is 85.3 cm³/mol. The maximum Gasteiger partial charge on any atom is 0.254 e. The number of nitrogens with zero attached hydrogens (tertiary/aromatic N) is 2. The van der Waals surface area contributed by atoms with Gasteiger partial charge >= 0.3 is 0 Å². The van der Waals surface area contributed by atoms with Crippen LogP contribution in [0.25, 0.3) is 0 Å². The summed E-state index contributed by atoms with van der Waals surface area (Å²) >= 11 is 5.96. The summed E-state index contributed by atoms with van der Waals surface area (Å²) in [5.41, 5.74) is 8.52. The molecule has 2 N–H and O–H groups in total. The van der Waals surface area contributed by atoms with E-state index in [0.29, 0.717) is 29.4 Å². The van der Waals surface area contributed by atoms with Crippen LogP contribution in [-0.2, 0) is 6.54 Å². The third-order valence-corrected chi connectivity index (χ3v) is 3.35. The van der Waals surface area contributed by atoms with Gasteiger partial charge in [-0.2, -0.15) is 0 Å². The van der Waals surface area contributed by atoms with Crippen molar-refractivity contribution in [2.75, 3.05) is 12.3 Å². The molecule has 0 saturated heterocycles. The molecule has 1 heterocycles. The molecule has 1 amide bonds. The molecule has 1 aromatic carbocycles. The van der Waals surface area contributed by atoms with Crippen molar-refractivity contribution < 1.29 is 4.79 Å². The van der Waals surface area contributed by atoms with E-state index >= 15 is 0 Å². The summed E-state index contributed by atoms with van der Waals surface area (Å²) in [6.07, 6.45) is 0. The number of hydrogen-bond acceptors (Lipinski definition) is 3. The van der Waals surface area contributed by atoms with E-state index in [1.165, 1.54) is 0 Å². The Morgan fingerprint density at radius 3 is 2.71 bits per heavy atom. The monoisotopic (exact) mass is 303 g/mol. The Hall–Kier alpha value is -2.07. The van der Waals surface area contributed by atoms with Crippen molar-refractivity contribution in [2.45, 2.75) is 20.4 Å². The zero-order valence-electron chi connectivity index (χ0n) is 12.1. The molecule has 0 saturated carbocycles. The number of amides is 1. The summed E-state index contributed by atoms with van der Waals surface area (Å²) in [6, 6.07) is 10.7. The van der Waals surface area contributed by atoms with E-state index in [9.17, 15) is 4.79 Å². The van der Waals surface area contributed by atoms with Crippen LogP contribution < -0.4 is 5.73 Å². The van der Waals surface area contributed by atoms with Crippen LogP contribution in [0.15, 0.2) is 36.4 Å². The molecule has 21 heavy (non-hydrogen) atoms. The first-order valence-electron chi connectivity index (χ1n) is 6.77. The maximum absolute atomic E-state index is 12.6. The van der Waals surface area contributed by atoms with Gasteiger partial charge in [0.2, 0.25) is 0 Å². The average Bonchev–Trinajstić information content (AvgIpc) is 2.43. The van der Waals surface area contributed by atoms with E-state index in [-0.39, 0.29) is 5.91 Å². The Kier molecular flexibility index (Phi) is 4.81. The summed E-state index contributed by atoms with van der Waals surface area (Å²) < 4.78 is 0. The second kappa shape index (κ2) is 6.59. The standard InChI is InChI=1S/C16H18ClN3O/c1-3-20(10-15-6-4-5-11(2)19-15)16(21)12-7-13(17)9-14(18)8-12/h4-9H,3,10,18H2,1-2H3. The Morgan fingerprint density at radius 2 is 2.10 bits per heavy atom. The minimum absolute atomic E-state index is 0.102. The summed E-state index contributed by atoms with van der Waals surface area (Å²) in [5.74, 6) is -0.102. The molecule has 0 spiro atoms. The van der Waals surface area contributed by atoms with Crippen molar-refractivity contribution in [3.05, 3.63) is 58.4 Å². The smallest absolute Gasteiger partial charge is 0.254 e. The van der Waals surface area contributed by atoms with Gasteiger partial charge in [0.25, 0.3) is 5.91 Å². The molecular weight excluding hydrogens is 286 g/mol. The van der Waals surface area contributed by atoms with Crippen LogP contribution in [0.1, 0.15) is 28.7 Å². The second-order valence-electron chi connectivity index (χ2n) is 4.86. The SMILES string of the molecule is CCN(Cc1cccc(C)n1)C(=O)c1cc(N)cc(Cl)c1. The minimum Gasteiger partial charge on any atom is -0.399 e. The lowest BCUT2D eigenvalue weighted by molar-refractivity contribution is 0.0750. The van der Waals surface area contributed by atoms with E-state index in [2.05, 4.69) is 4.98 Å². The highest BCUT2D eigenvalue weighted by Crippen LogP contribution is 2.18. The van der Waals surface area contributed by atoms with Gasteiger partial charge in [0, 0.05) is 28.5 Å². The maximum atomic E-state index is 12.6. The Bertz CT molecular complexity index is 637. The fourth-order valence-corrected chi connectivity index (χ4v) is 2.37. The third kappa shape index (κ3) is 3.95. The number of benzene rings is 1. The summed E-state index contributed by atoms with van der Waals surface area (Å²) in [7, 11) is 0. The second-order valence-corrected chi connectivity index (χ2v) is 5.30. The van der Waals surface area contributed by atoms with Gasteiger partial charge in [-0.05, 0) is 44.2 Å². The highest BCUT2D eigenvalue weighted by molar-refractivity contribution is 6.31. The zero-order valence-corrected chi connectivity index (χ0v) is 12.9. The average molecular weight is 304 g/mol. The van der Waals surface area contributed by atoms with Gasteiger partial charge in [0.1, 0.15) is 0 Å². The van der Waals surface area contributed by atoms with Crippen LogP contribution in [0.5, 0.6) is 0 Å². The van der Waals surface area contributed by atoms with E-state index in [1.54, 1.807) is 23.1 Å². The topological polar surface area (TPSA) is 59.2 Å². The van der Waals surface area contributed by atoms with Crippen LogP contribution in [0.4, 0.5) is 5.69 Å². The van der Waals surface area contributed by atoms with Crippen molar-refractivity contribution in [2.24, 2.45) is 0 Å². The van der Waals surface area contributed by atoms with Crippen LogP contribution >= 0.6 is 11.6 Å². The van der Waals surface area contributed by atoms with Crippen molar-refractivity contribution in [3.63, 3.8) is 0 Å². The number of carbonyl (C=O) groups excluding carboxylic acids is 1. The molecule has 0 aliphatic rings. The Labute approximate surface area is 129 Å². The number of carbonyl (C=O) groups is 1. The Morgan fingerprint density at radius 1 is 1.33 bits per heavy atom. The van der Waals surface area contributed by atoms with Crippen molar-refractivity contribution >= 4 is 23.2 Å². The quantitative estimate of drug-likeness (QED) is 0.882. The number of aryl methyl sites for hydroxylation is 1. The Balaban J connectivity index is 2.22. The normalized spacial score (nSPS) is 10.4. The summed E-state index contributed by atoms with van der Waals surface area (Å²) in [5, 5.41) is 0.461. The number of nitrogen functional groups attached to an aromatic ring is 1. The van der Waals surface area contributed by atoms with E-state index in [4.69, 9.17) is 17.3 Å². The van der Waals surface area contributed by atoms with Crippen molar-refractivity contribution in [3.8, 4) is 0 Å². The highest BCUT2D eigenvalue weighted by atomic mass is 35.5. The molecule has 0 unspecified atom stereocenters. The van der Waals surface area contributed by atoms with Crippen LogP contribution in [0.2, 0.25) is 5.02 Å². The minimum atomic E-state index is -0.102. The molecule has 2 rings (SSSR count). The number of hydrogen-bond donors (Lipinski definition) is 1. The first-order chi connectivity index (χ1) is 9.99. The van der Waals surface area contributed by atoms with Gasteiger partial charge in [-0.15, -0.1) is 0 Å². The molecule has 2 aromatic rings. The van der Waals surface area contributed by atoms with E-state index in [0.717, 1.165) is 11.4 Å². The molecule has 5 heteroatoms. The molecule has 0 bridgehead atoms. The lowest BCUT2D eigenvalue weighted by Crippen LogP contribution is -2.30. The number of halogens is 1. The van der Waals surface area contributed by atoms with E-state index < -0.39 is 0 Å². The van der Waals surface area contributed by atoms with Crippen LogP contribution in [-0.4, -0.2) is 22.3 Å². The summed E-state index contributed by atoms with van der Waals surface area (Å²) in [6.45, 7) is 4.91. The van der Waals surface area contributed by atoms with Gasteiger partial charge in [-0.1, -0.05) is 17.7 Å². The molecule has 0 fully saturated rings. The van der Waals surface area contributed by atoms with Gasteiger partial charge < -0.3 is 10.6 Å². The van der Waals surface area contributed by atoms with Gasteiger partial charge in [-0.25, -0.2) is 0 Å². The molecule has 0 atom stereocenters. The van der Waals surface area contributed by atoms with Crippen LogP contribution in [0, 0.1) is 6.92 Å². The van der Waals surface area contributed by atoms with Gasteiger partial charge in [0.15, 0.2) is 0 Å². The van der Waals surface area contributed by atoms with Gasteiger partial charge in [-0.3, -0.25) is 9.78 Å². The highest BCUT2D eigenvalue weighted by Gasteiger charge is 2.16. The molecule has 1 aromatic heterocycles. The first kappa shape index (κ1) is 15.3. The third-order valence-electron chi connectivity index (χ3n) is 3.13. The summed E-state index contributed by atoms with van der Waals surface area (Å²) in [4.78, 5) is 18.7. The molecule has 0 aliphatic heterocycles. The lowest BCUT2D eigenvalue weighted by atomic mass is 10.1. The van der Waals surface area contributed by atoms with Crippen molar-refractivity contribution in [1.29, 1.82) is 0 Å². The van der Waals surface area contributed by atoms with Gasteiger partial charge in [0.05, 0.1) is 12.2 Å². The number of pyridine rings is 1. The molecule has 0 aliphatic carbocycles. The number of nitrogens with two attached hydrogens (primary N) is 1. The fourth-order valence-electron chi connectivity index (χ4n) is 2.13. The molecule has 0 radical (unpaired) electrons. The molecule has 110 valence electrons. The number of aromatic nitrogens is 1. The lowest BCUT2D eigenvalue weighted by Gasteiger charge is -2.21. The fraction of sp³-hybridized carbons (Fsp3) is 0.250. The van der Waals surface area contributed by atoms with Crippen molar-refractivity contribution in [1.82, 2.24) is 9.88 Å². The number of anilines is 1. The largest absolute Gasteiger partial charge is 0.399 e. The number of rotatable bonds is 4. The predicted octanol–water partition coefficient (Wildman–Crippen LogP) is 3.29. The van der Waals surface area contributed by atoms with Crippen LogP contribution in [0.3, 0.4) is 0 Å². The first-order valence-corrected chi connectivity index (χ1v) is 7.15. The molecule has 4 nitrogen and oxygen atoms in total. The van der Waals surface area contributed by atoms with E-state index in [1.807, 2.05) is 32.0 Å². The zero-order chi connectivity index (χ0) is 15.4. The molecular formula is C16H18ClN3O.